The molecule has 0 saturated heterocycles. The van der Waals surface area contributed by atoms with Crippen LogP contribution in [-0.4, -0.2) is 25.2 Å². The summed E-state index contributed by atoms with van der Waals surface area (Å²) in [5, 5.41) is 8.07. The highest BCUT2D eigenvalue weighted by Crippen LogP contribution is 2.26. The second kappa shape index (κ2) is 7.53. The molecule has 1 aromatic carbocycles. The number of anilines is 1. The Morgan fingerprint density at radius 1 is 1.10 bits per heavy atom. The van der Waals surface area contributed by atoms with Gasteiger partial charge in [-0.25, -0.2) is 9.67 Å². The highest BCUT2D eigenvalue weighted by Gasteiger charge is 2.17. The molecule has 8 heteroatoms. The number of benzene rings is 1. The monoisotopic (exact) mass is 421 g/mol. The van der Waals surface area contributed by atoms with Gasteiger partial charge >= 0.3 is 0 Å². The third-order valence-electron chi connectivity index (χ3n) is 5.30. The molecule has 1 amide bonds. The molecule has 0 atom stereocenters. The van der Waals surface area contributed by atoms with Crippen LogP contribution in [0.15, 0.2) is 35.4 Å². The van der Waals surface area contributed by atoms with Crippen molar-refractivity contribution in [3.8, 4) is 5.69 Å². The SMILES string of the molecule is Cc1ccc(-n2nc(C)c(NC(=O)Cn3cnc4sc(C)c(C)c4c3=O)c2C)cc1. The van der Waals surface area contributed by atoms with Gasteiger partial charge in [0, 0.05) is 4.88 Å². The molecule has 154 valence electrons. The molecule has 0 aliphatic heterocycles. The number of rotatable bonds is 4. The molecule has 30 heavy (non-hydrogen) atoms. The number of thiophene rings is 1. The minimum Gasteiger partial charge on any atom is -0.321 e. The number of nitrogens with one attached hydrogen (secondary N) is 1. The Hall–Kier alpha value is -3.26. The van der Waals surface area contributed by atoms with Gasteiger partial charge in [0.1, 0.15) is 11.4 Å². The van der Waals surface area contributed by atoms with Crippen molar-refractivity contribution in [3.63, 3.8) is 0 Å². The second-order valence-corrected chi connectivity index (χ2v) is 8.69. The van der Waals surface area contributed by atoms with E-state index in [2.05, 4.69) is 15.4 Å². The van der Waals surface area contributed by atoms with Gasteiger partial charge in [-0.1, -0.05) is 17.7 Å². The van der Waals surface area contributed by atoms with Gasteiger partial charge in [-0.15, -0.1) is 11.3 Å². The number of fused-ring (bicyclic) bond motifs is 1. The minimum atomic E-state index is -0.294. The number of hydrogen-bond donors (Lipinski definition) is 1. The molecule has 0 radical (unpaired) electrons. The lowest BCUT2D eigenvalue weighted by Gasteiger charge is -2.09. The predicted molar refractivity (Wildman–Crippen MR) is 120 cm³/mol. The molecule has 0 saturated carbocycles. The van der Waals surface area contributed by atoms with E-state index in [1.54, 1.807) is 0 Å². The van der Waals surface area contributed by atoms with Crippen LogP contribution in [0.25, 0.3) is 15.9 Å². The van der Waals surface area contributed by atoms with E-state index in [9.17, 15) is 9.59 Å². The average molecular weight is 422 g/mol. The molecule has 0 aliphatic carbocycles. The number of carbonyl (C=O) groups is 1. The zero-order valence-electron chi connectivity index (χ0n) is 17.6. The van der Waals surface area contributed by atoms with Gasteiger partial charge in [0.05, 0.1) is 34.5 Å². The molecule has 0 spiro atoms. The molecular weight excluding hydrogens is 398 g/mol. The fourth-order valence-electron chi connectivity index (χ4n) is 3.48. The van der Waals surface area contributed by atoms with Crippen LogP contribution in [-0.2, 0) is 11.3 Å². The van der Waals surface area contributed by atoms with Crippen LogP contribution in [0.3, 0.4) is 0 Å². The summed E-state index contributed by atoms with van der Waals surface area (Å²) in [6.45, 7) is 9.56. The lowest BCUT2D eigenvalue weighted by molar-refractivity contribution is -0.116. The summed E-state index contributed by atoms with van der Waals surface area (Å²) >= 11 is 1.49. The third kappa shape index (κ3) is 3.43. The number of nitrogens with zero attached hydrogens (tertiary/aromatic N) is 4. The van der Waals surface area contributed by atoms with E-state index in [0.29, 0.717) is 21.6 Å². The van der Waals surface area contributed by atoms with Crippen molar-refractivity contribution in [3.05, 3.63) is 68.3 Å². The first-order chi connectivity index (χ1) is 14.3. The van der Waals surface area contributed by atoms with Crippen LogP contribution < -0.4 is 10.9 Å². The summed E-state index contributed by atoms with van der Waals surface area (Å²) in [4.78, 5) is 31.7. The zero-order chi connectivity index (χ0) is 21.6. The maximum absolute atomic E-state index is 12.8. The number of hydrogen-bond acceptors (Lipinski definition) is 5. The summed E-state index contributed by atoms with van der Waals surface area (Å²) in [6, 6.07) is 8.03. The third-order valence-corrected chi connectivity index (χ3v) is 6.42. The number of aromatic nitrogens is 4. The topological polar surface area (TPSA) is 81.8 Å². The Morgan fingerprint density at radius 2 is 1.80 bits per heavy atom. The summed E-state index contributed by atoms with van der Waals surface area (Å²) < 4.78 is 3.16. The fourth-order valence-corrected chi connectivity index (χ4v) is 4.46. The van der Waals surface area contributed by atoms with Crippen LogP contribution >= 0.6 is 11.3 Å². The number of amides is 1. The van der Waals surface area contributed by atoms with Gasteiger partial charge in [-0.05, 0) is 52.3 Å². The minimum absolute atomic E-state index is 0.106. The first-order valence-electron chi connectivity index (χ1n) is 9.64. The van der Waals surface area contributed by atoms with Gasteiger partial charge in [0.15, 0.2) is 0 Å². The molecule has 0 unspecified atom stereocenters. The summed E-state index contributed by atoms with van der Waals surface area (Å²) in [6.07, 6.45) is 1.44. The van der Waals surface area contributed by atoms with Gasteiger partial charge in [0.25, 0.3) is 5.56 Å². The molecule has 7 nitrogen and oxygen atoms in total. The van der Waals surface area contributed by atoms with Crippen LogP contribution in [0.5, 0.6) is 0 Å². The molecule has 3 heterocycles. The lowest BCUT2D eigenvalue weighted by atomic mass is 10.2. The van der Waals surface area contributed by atoms with Crippen molar-refractivity contribution in [1.29, 1.82) is 0 Å². The first-order valence-corrected chi connectivity index (χ1v) is 10.5. The van der Waals surface area contributed by atoms with Crippen molar-refractivity contribution in [2.45, 2.75) is 41.2 Å². The Bertz CT molecular complexity index is 1330. The molecule has 0 bridgehead atoms. The van der Waals surface area contributed by atoms with Gasteiger partial charge in [-0.3, -0.25) is 14.2 Å². The van der Waals surface area contributed by atoms with E-state index in [1.165, 1.54) is 27.8 Å². The lowest BCUT2D eigenvalue weighted by Crippen LogP contribution is -2.28. The van der Waals surface area contributed by atoms with Crippen molar-refractivity contribution in [1.82, 2.24) is 19.3 Å². The van der Waals surface area contributed by atoms with Crippen molar-refractivity contribution >= 4 is 33.1 Å². The van der Waals surface area contributed by atoms with E-state index < -0.39 is 0 Å². The van der Waals surface area contributed by atoms with Crippen LogP contribution in [0, 0.1) is 34.6 Å². The zero-order valence-corrected chi connectivity index (χ0v) is 18.4. The van der Waals surface area contributed by atoms with E-state index in [0.717, 1.165) is 21.8 Å². The predicted octanol–water partition coefficient (Wildman–Crippen LogP) is 3.82. The largest absolute Gasteiger partial charge is 0.321 e. The highest BCUT2D eigenvalue weighted by molar-refractivity contribution is 7.18. The Labute approximate surface area is 178 Å². The number of aryl methyl sites for hydroxylation is 4. The van der Waals surface area contributed by atoms with E-state index >= 15 is 0 Å². The maximum atomic E-state index is 12.8. The van der Waals surface area contributed by atoms with Crippen molar-refractivity contribution in [2.75, 3.05) is 5.32 Å². The number of carbonyl (C=O) groups excluding carboxylic acids is 1. The average Bonchev–Trinajstić information content (AvgIpc) is 3.15. The fraction of sp³-hybridized carbons (Fsp3) is 0.273. The molecule has 4 rings (SSSR count). The molecular formula is C22H23N5O2S. The Kier molecular flexibility index (Phi) is 5.03. The first kappa shape index (κ1) is 20.0. The quantitative estimate of drug-likeness (QED) is 0.543. The Balaban J connectivity index is 1.60. The molecule has 1 N–H and O–H groups in total. The van der Waals surface area contributed by atoms with Gasteiger partial charge in [0.2, 0.25) is 5.91 Å². The smallest absolute Gasteiger partial charge is 0.262 e. The summed E-state index contributed by atoms with van der Waals surface area (Å²) in [5.74, 6) is -0.294. The van der Waals surface area contributed by atoms with Gasteiger partial charge < -0.3 is 5.32 Å². The molecule has 3 aromatic heterocycles. The van der Waals surface area contributed by atoms with Crippen molar-refractivity contribution in [2.24, 2.45) is 0 Å². The van der Waals surface area contributed by atoms with Crippen molar-refractivity contribution < 1.29 is 4.79 Å². The summed E-state index contributed by atoms with van der Waals surface area (Å²) in [7, 11) is 0. The van der Waals surface area contributed by atoms with Crippen LogP contribution in [0.1, 0.15) is 27.4 Å². The summed E-state index contributed by atoms with van der Waals surface area (Å²) in [5.41, 5.74) is 5.03. The van der Waals surface area contributed by atoms with E-state index in [1.807, 2.05) is 63.6 Å². The Morgan fingerprint density at radius 3 is 2.50 bits per heavy atom. The van der Waals surface area contributed by atoms with E-state index in [4.69, 9.17) is 0 Å². The van der Waals surface area contributed by atoms with Gasteiger partial charge in [-0.2, -0.15) is 5.10 Å². The second-order valence-electron chi connectivity index (χ2n) is 7.48. The molecule has 0 fully saturated rings. The molecule has 4 aromatic rings. The maximum Gasteiger partial charge on any atom is 0.262 e. The van der Waals surface area contributed by atoms with Crippen LogP contribution in [0.2, 0.25) is 0 Å². The molecule has 0 aliphatic rings. The normalized spacial score (nSPS) is 11.2. The van der Waals surface area contributed by atoms with Crippen LogP contribution in [0.4, 0.5) is 5.69 Å². The standard InChI is InChI=1S/C22H23N5O2S/c1-12-6-8-17(9-7-12)27-15(4)20(14(3)25-27)24-18(28)10-26-11-23-21-19(22(26)29)13(2)16(5)30-21/h6-9,11H,10H2,1-5H3,(H,24,28). The highest BCUT2D eigenvalue weighted by atomic mass is 32.1. The van der Waals surface area contributed by atoms with E-state index in [-0.39, 0.29) is 18.0 Å².